The van der Waals surface area contributed by atoms with Crippen molar-refractivity contribution in [2.45, 2.75) is 105 Å². The number of rotatable bonds is 11. The molecule has 3 rings (SSSR count). The van der Waals surface area contributed by atoms with Gasteiger partial charge in [0.05, 0.1) is 13.0 Å². The van der Waals surface area contributed by atoms with E-state index in [2.05, 4.69) is 39.8 Å². The maximum absolute atomic E-state index is 12.5. The summed E-state index contributed by atoms with van der Waals surface area (Å²) >= 11 is 0. The molecule has 2 aromatic rings. The molecular formula is C28H46N3O3+. The number of quaternary nitrogens is 1. The predicted octanol–water partition coefficient (Wildman–Crippen LogP) is 5.14. The third kappa shape index (κ3) is 9.21. The molecule has 0 amide bonds. The van der Waals surface area contributed by atoms with Crippen molar-refractivity contribution in [3.05, 3.63) is 47.6 Å². The SMILES string of the molecule is CCC.CCCC(CCC)c1nc(C[NH+]2CCC(CC)[C@@H](OC(=O)Cc3ccccc3)C2)no1. The molecule has 6 heteroatoms. The van der Waals surface area contributed by atoms with Gasteiger partial charge in [-0.05, 0) is 24.8 Å². The van der Waals surface area contributed by atoms with E-state index in [9.17, 15) is 4.79 Å². The van der Waals surface area contributed by atoms with E-state index < -0.39 is 0 Å². The van der Waals surface area contributed by atoms with E-state index in [1.165, 1.54) is 11.3 Å². The second-order valence-corrected chi connectivity index (χ2v) is 9.56. The Balaban J connectivity index is 0.00000129. The lowest BCUT2D eigenvalue weighted by Gasteiger charge is -2.34. The summed E-state index contributed by atoms with van der Waals surface area (Å²) in [4.78, 5) is 18.6. The van der Waals surface area contributed by atoms with Gasteiger partial charge in [-0.1, -0.05) is 89.4 Å². The van der Waals surface area contributed by atoms with E-state index in [0.717, 1.165) is 75.4 Å². The normalized spacial score (nSPS) is 20.0. The first-order valence-corrected chi connectivity index (χ1v) is 13.4. The first-order chi connectivity index (χ1) is 16.5. The Morgan fingerprint density at radius 1 is 1.12 bits per heavy atom. The van der Waals surface area contributed by atoms with Crippen LogP contribution in [0, 0.1) is 5.92 Å². The van der Waals surface area contributed by atoms with Crippen LogP contribution in [0.25, 0.3) is 0 Å². The first kappa shape index (κ1) is 28.0. The average molecular weight is 473 g/mol. The third-order valence-corrected chi connectivity index (χ3v) is 6.40. The molecule has 1 N–H and O–H groups in total. The molecule has 0 radical (unpaired) electrons. The number of hydrogen-bond donors (Lipinski definition) is 1. The zero-order valence-electron chi connectivity index (χ0n) is 22.0. The van der Waals surface area contributed by atoms with Gasteiger partial charge in [-0.2, -0.15) is 4.98 Å². The molecule has 1 aliphatic heterocycles. The molecule has 1 aromatic heterocycles. The molecule has 2 heterocycles. The zero-order valence-corrected chi connectivity index (χ0v) is 22.0. The summed E-state index contributed by atoms with van der Waals surface area (Å²) in [5.41, 5.74) is 0.994. The van der Waals surface area contributed by atoms with Crippen molar-refractivity contribution in [3.8, 4) is 0 Å². The molecule has 6 nitrogen and oxygen atoms in total. The molecule has 1 aliphatic rings. The largest absolute Gasteiger partial charge is 0.456 e. The van der Waals surface area contributed by atoms with Gasteiger partial charge in [0.1, 0.15) is 13.1 Å². The number of carbonyl (C=O) groups excluding carboxylic acids is 1. The van der Waals surface area contributed by atoms with Crippen LogP contribution in [0.15, 0.2) is 34.9 Å². The van der Waals surface area contributed by atoms with Gasteiger partial charge in [-0.3, -0.25) is 4.79 Å². The summed E-state index contributed by atoms with van der Waals surface area (Å²) in [7, 11) is 0. The monoisotopic (exact) mass is 472 g/mol. The Kier molecular flexibility index (Phi) is 12.9. The Labute approximate surface area is 206 Å². The Hall–Kier alpha value is -2.21. The van der Waals surface area contributed by atoms with Crippen LogP contribution in [0.1, 0.15) is 103 Å². The quantitative estimate of drug-likeness (QED) is 0.459. The number of ether oxygens (including phenoxy) is 1. The molecule has 0 spiro atoms. The highest BCUT2D eigenvalue weighted by atomic mass is 16.5. The van der Waals surface area contributed by atoms with Gasteiger partial charge >= 0.3 is 5.97 Å². The van der Waals surface area contributed by atoms with Crippen LogP contribution in [0.4, 0.5) is 0 Å². The van der Waals surface area contributed by atoms with Crippen molar-refractivity contribution in [2.75, 3.05) is 13.1 Å². The van der Waals surface area contributed by atoms with Crippen LogP contribution in [0.3, 0.4) is 0 Å². The molecule has 190 valence electrons. The molecule has 0 bridgehead atoms. The number of likely N-dealkylation sites (tertiary alicyclic amines) is 1. The molecule has 0 aliphatic carbocycles. The molecule has 3 atom stereocenters. The van der Waals surface area contributed by atoms with Gasteiger partial charge in [0, 0.05) is 18.3 Å². The van der Waals surface area contributed by atoms with E-state index in [1.807, 2.05) is 30.3 Å². The van der Waals surface area contributed by atoms with Crippen molar-refractivity contribution in [3.63, 3.8) is 0 Å². The highest BCUT2D eigenvalue weighted by molar-refractivity contribution is 5.72. The lowest BCUT2D eigenvalue weighted by atomic mass is 9.91. The summed E-state index contributed by atoms with van der Waals surface area (Å²) in [6.07, 6.45) is 8.01. The minimum Gasteiger partial charge on any atom is -0.456 e. The second kappa shape index (κ2) is 15.6. The van der Waals surface area contributed by atoms with Gasteiger partial charge in [0.2, 0.25) is 11.7 Å². The highest BCUT2D eigenvalue weighted by Crippen LogP contribution is 2.25. The van der Waals surface area contributed by atoms with Gasteiger partial charge in [-0.25, -0.2) is 0 Å². The number of piperidine rings is 1. The van der Waals surface area contributed by atoms with Crippen molar-refractivity contribution in [1.82, 2.24) is 10.1 Å². The molecule has 1 aromatic carbocycles. The smallest absolute Gasteiger partial charge is 0.310 e. The summed E-state index contributed by atoms with van der Waals surface area (Å²) in [6, 6.07) is 9.80. The summed E-state index contributed by atoms with van der Waals surface area (Å²) in [5, 5.41) is 4.26. The van der Waals surface area contributed by atoms with E-state index in [0.29, 0.717) is 18.3 Å². The van der Waals surface area contributed by atoms with Crippen LogP contribution < -0.4 is 4.90 Å². The van der Waals surface area contributed by atoms with Crippen LogP contribution >= 0.6 is 0 Å². The van der Waals surface area contributed by atoms with Gasteiger partial charge in [0.25, 0.3) is 0 Å². The molecule has 0 saturated carbocycles. The third-order valence-electron chi connectivity index (χ3n) is 6.40. The van der Waals surface area contributed by atoms with Crippen LogP contribution in [0.5, 0.6) is 0 Å². The highest BCUT2D eigenvalue weighted by Gasteiger charge is 2.34. The maximum Gasteiger partial charge on any atom is 0.310 e. The molecule has 2 unspecified atom stereocenters. The van der Waals surface area contributed by atoms with Crippen molar-refractivity contribution < 1.29 is 19.0 Å². The number of benzene rings is 1. The van der Waals surface area contributed by atoms with Gasteiger partial charge in [0.15, 0.2) is 6.10 Å². The maximum atomic E-state index is 12.5. The fourth-order valence-electron chi connectivity index (χ4n) is 4.68. The topological polar surface area (TPSA) is 69.7 Å². The first-order valence-electron chi connectivity index (χ1n) is 13.4. The fraction of sp³-hybridized carbons (Fsp3) is 0.679. The van der Waals surface area contributed by atoms with Crippen LogP contribution in [0.2, 0.25) is 0 Å². The van der Waals surface area contributed by atoms with E-state index in [4.69, 9.17) is 14.2 Å². The van der Waals surface area contributed by atoms with Crippen molar-refractivity contribution in [1.29, 1.82) is 0 Å². The van der Waals surface area contributed by atoms with Crippen LogP contribution in [-0.4, -0.2) is 35.3 Å². The standard InChI is InChI=1S/C25H37N3O3.C3H8/c1-4-10-21(11-5-2)25-26-23(27-31-25)18-28-15-14-20(6-3)22(17-28)30-24(29)16-19-12-8-7-9-13-19;1-3-2/h7-9,12-13,20-22H,4-6,10-11,14-18H2,1-3H3;3H2,1-2H3/p+1/t20?,22-;/m0./s1. The Morgan fingerprint density at radius 3 is 2.41 bits per heavy atom. The zero-order chi connectivity index (χ0) is 24.8. The number of hydrogen-bond acceptors (Lipinski definition) is 5. The second-order valence-electron chi connectivity index (χ2n) is 9.56. The number of nitrogens with zero attached hydrogens (tertiary/aromatic N) is 2. The van der Waals surface area contributed by atoms with Crippen LogP contribution in [-0.2, 0) is 22.5 Å². The average Bonchev–Trinajstić information content (AvgIpc) is 3.28. The lowest BCUT2D eigenvalue weighted by Crippen LogP contribution is -3.13. The van der Waals surface area contributed by atoms with Gasteiger partial charge < -0.3 is 14.2 Å². The van der Waals surface area contributed by atoms with E-state index in [1.54, 1.807) is 0 Å². The Bertz CT molecular complexity index is 802. The number of aromatic nitrogens is 2. The van der Waals surface area contributed by atoms with Crippen molar-refractivity contribution in [2.24, 2.45) is 5.92 Å². The summed E-state index contributed by atoms with van der Waals surface area (Å²) < 4.78 is 11.6. The summed E-state index contributed by atoms with van der Waals surface area (Å²) in [5.74, 6) is 2.20. The van der Waals surface area contributed by atoms with E-state index in [-0.39, 0.29) is 12.1 Å². The number of carbonyl (C=O) groups is 1. The summed E-state index contributed by atoms with van der Waals surface area (Å²) in [6.45, 7) is 13.4. The molecule has 34 heavy (non-hydrogen) atoms. The van der Waals surface area contributed by atoms with Crippen molar-refractivity contribution >= 4 is 5.97 Å². The lowest BCUT2D eigenvalue weighted by molar-refractivity contribution is -0.923. The minimum atomic E-state index is -0.139. The minimum absolute atomic E-state index is 0.0516. The predicted molar refractivity (Wildman–Crippen MR) is 136 cm³/mol. The number of nitrogens with one attached hydrogen (secondary N) is 1. The number of esters is 1. The van der Waals surface area contributed by atoms with E-state index >= 15 is 0 Å². The molecule has 1 fully saturated rings. The Morgan fingerprint density at radius 2 is 1.79 bits per heavy atom. The molecular weight excluding hydrogens is 426 g/mol. The molecule has 1 saturated heterocycles. The fourth-order valence-corrected chi connectivity index (χ4v) is 4.68. The van der Waals surface area contributed by atoms with Gasteiger partial charge in [-0.15, -0.1) is 0 Å².